The molecule has 48 heavy (non-hydrogen) atoms. The van der Waals surface area contributed by atoms with Gasteiger partial charge in [-0.3, -0.25) is 19.6 Å². The van der Waals surface area contributed by atoms with E-state index in [1.165, 1.54) is 6.07 Å². The molecule has 2 aromatic heterocycles. The molecule has 3 unspecified atom stereocenters. The van der Waals surface area contributed by atoms with E-state index in [0.717, 1.165) is 24.9 Å². The number of aliphatic hydroxyl groups excluding tert-OH is 1. The van der Waals surface area contributed by atoms with Crippen LogP contribution < -0.4 is 9.64 Å². The van der Waals surface area contributed by atoms with Crippen molar-refractivity contribution in [2.75, 3.05) is 44.2 Å². The number of fused-ring (bicyclic) bond motifs is 4. The number of anilines is 1. The first-order valence-corrected chi connectivity index (χ1v) is 17.4. The van der Waals surface area contributed by atoms with Gasteiger partial charge in [-0.15, -0.1) is 0 Å². The minimum atomic E-state index is -0.927. The van der Waals surface area contributed by atoms with E-state index < -0.39 is 29.5 Å². The van der Waals surface area contributed by atoms with Gasteiger partial charge < -0.3 is 14.7 Å². The van der Waals surface area contributed by atoms with Gasteiger partial charge in [0.15, 0.2) is 11.6 Å². The smallest absolute Gasteiger partial charge is 0.319 e. The third-order valence-corrected chi connectivity index (χ3v) is 11.7. The number of hydrogen-bond acceptors (Lipinski definition) is 9. The molecule has 0 radical (unpaired) electrons. The van der Waals surface area contributed by atoms with Gasteiger partial charge in [0.05, 0.1) is 28.8 Å². The predicted molar refractivity (Wildman–Crippen MR) is 174 cm³/mol. The van der Waals surface area contributed by atoms with Crippen LogP contribution in [0.25, 0.3) is 10.9 Å². The van der Waals surface area contributed by atoms with E-state index in [-0.39, 0.29) is 53.4 Å². The molecule has 256 valence electrons. The first kappa shape index (κ1) is 31.9. The van der Waals surface area contributed by atoms with Crippen molar-refractivity contribution in [2.24, 2.45) is 0 Å². The number of ether oxygens (including phenoxy) is 1. The molecule has 5 aliphatic rings. The summed E-state index contributed by atoms with van der Waals surface area (Å²) < 4.78 is 52.9. The molecule has 4 saturated heterocycles. The standard InChI is InChI=1S/C36H43F3N6O3/c1-4-23-26(38)7-6-20-12-22(46)13-24(29(20)23)31-30(39)32-25(16-40-31)33(43-10-11-45-27(18-43)28(47)15-35(45,2)3)42-34(41-32)48-19-36-8-5-9-44(36)17-21(37)14-36/h6-7,16,21-22,24,27,46H,4-5,8-15,17-19H2,1-3H3/t21-,22?,24?,27?,36+/m1/s1. The SMILES string of the molecule is CCc1c(F)ccc2c1C(c1ncc3c(N4CCN5C(C4)C(=O)CC5(C)C)nc(OC[C@@]45CCCN4C[C@H](F)C5)nc3c1F)CC(O)C2. The molecule has 1 aromatic carbocycles. The first-order chi connectivity index (χ1) is 23.0. The molecule has 4 fully saturated rings. The number of rotatable bonds is 6. The maximum absolute atomic E-state index is 17.0. The van der Waals surface area contributed by atoms with E-state index in [1.54, 1.807) is 12.3 Å². The van der Waals surface area contributed by atoms with Gasteiger partial charge in [-0.1, -0.05) is 13.0 Å². The van der Waals surface area contributed by atoms with Crippen LogP contribution in [0.3, 0.4) is 0 Å². The second-order valence-electron chi connectivity index (χ2n) is 15.1. The van der Waals surface area contributed by atoms with Gasteiger partial charge in [0.25, 0.3) is 0 Å². The second-order valence-corrected chi connectivity index (χ2v) is 15.1. The highest BCUT2D eigenvalue weighted by Crippen LogP contribution is 2.44. The number of carbonyl (C=O) groups is 1. The third-order valence-electron chi connectivity index (χ3n) is 11.7. The number of benzene rings is 1. The molecule has 0 spiro atoms. The quantitative estimate of drug-likeness (QED) is 0.409. The molecule has 0 saturated carbocycles. The number of Topliss-reactive ketones (excluding diaryl/α,β-unsaturated/α-hetero) is 1. The summed E-state index contributed by atoms with van der Waals surface area (Å²) in [6.45, 7) is 8.99. The number of halogens is 3. The van der Waals surface area contributed by atoms with Gasteiger partial charge in [-0.2, -0.15) is 9.97 Å². The Labute approximate surface area is 278 Å². The highest BCUT2D eigenvalue weighted by molar-refractivity contribution is 5.92. The Balaban J connectivity index is 1.22. The van der Waals surface area contributed by atoms with E-state index in [2.05, 4.69) is 33.6 Å². The van der Waals surface area contributed by atoms with Gasteiger partial charge in [-0.05, 0) is 75.3 Å². The summed E-state index contributed by atoms with van der Waals surface area (Å²) in [7, 11) is 0. The lowest BCUT2D eigenvalue weighted by Crippen LogP contribution is -2.56. The van der Waals surface area contributed by atoms with E-state index >= 15 is 8.78 Å². The molecule has 5 atom stereocenters. The van der Waals surface area contributed by atoms with Crippen LogP contribution in [0.15, 0.2) is 18.3 Å². The van der Waals surface area contributed by atoms with Gasteiger partial charge in [-0.25, -0.2) is 13.2 Å². The number of aromatic nitrogens is 3. The number of pyridine rings is 1. The summed E-state index contributed by atoms with van der Waals surface area (Å²) in [5.74, 6) is -1.09. The molecule has 0 bridgehead atoms. The Morgan fingerprint density at radius 1 is 1.12 bits per heavy atom. The molecule has 8 rings (SSSR count). The molecule has 1 N–H and O–H groups in total. The molecule has 6 heterocycles. The fourth-order valence-corrected chi connectivity index (χ4v) is 9.49. The molecule has 0 amide bonds. The van der Waals surface area contributed by atoms with E-state index in [1.807, 2.05) is 11.8 Å². The lowest BCUT2D eigenvalue weighted by molar-refractivity contribution is -0.119. The average Bonchev–Trinajstić information content (AvgIpc) is 3.66. The fourth-order valence-electron chi connectivity index (χ4n) is 9.49. The van der Waals surface area contributed by atoms with E-state index in [4.69, 9.17) is 9.72 Å². The van der Waals surface area contributed by atoms with Gasteiger partial charge in [0.1, 0.15) is 29.9 Å². The van der Waals surface area contributed by atoms with Crippen molar-refractivity contribution >= 4 is 22.5 Å². The Bertz CT molecular complexity index is 1790. The zero-order valence-electron chi connectivity index (χ0n) is 27.8. The molecule has 12 heteroatoms. The molecule has 4 aliphatic heterocycles. The average molecular weight is 665 g/mol. The number of aliphatic hydroxyl groups is 1. The monoisotopic (exact) mass is 664 g/mol. The van der Waals surface area contributed by atoms with Crippen LogP contribution in [0.4, 0.5) is 19.0 Å². The molecule has 9 nitrogen and oxygen atoms in total. The molecular formula is C36H43F3N6O3. The van der Waals surface area contributed by atoms with Crippen molar-refractivity contribution in [3.63, 3.8) is 0 Å². The zero-order chi connectivity index (χ0) is 33.5. The maximum Gasteiger partial charge on any atom is 0.319 e. The second kappa shape index (κ2) is 11.6. The van der Waals surface area contributed by atoms with Crippen LogP contribution in [0.5, 0.6) is 6.01 Å². The van der Waals surface area contributed by atoms with Gasteiger partial charge in [0, 0.05) is 56.7 Å². The largest absolute Gasteiger partial charge is 0.461 e. The van der Waals surface area contributed by atoms with Crippen LogP contribution in [0, 0.1) is 11.6 Å². The lowest BCUT2D eigenvalue weighted by Gasteiger charge is -2.42. The highest BCUT2D eigenvalue weighted by atomic mass is 19.1. The lowest BCUT2D eigenvalue weighted by atomic mass is 9.76. The van der Waals surface area contributed by atoms with Crippen molar-refractivity contribution in [1.29, 1.82) is 0 Å². The minimum Gasteiger partial charge on any atom is -0.461 e. The van der Waals surface area contributed by atoms with Crippen LogP contribution in [-0.2, 0) is 17.6 Å². The fraction of sp³-hybridized carbons (Fsp3) is 0.611. The van der Waals surface area contributed by atoms with Crippen LogP contribution in [0.2, 0.25) is 0 Å². The van der Waals surface area contributed by atoms with Crippen LogP contribution in [-0.4, -0.2) is 104 Å². The van der Waals surface area contributed by atoms with Crippen molar-refractivity contribution < 1.29 is 27.8 Å². The highest BCUT2D eigenvalue weighted by Gasteiger charge is 2.50. The maximum atomic E-state index is 17.0. The first-order valence-electron chi connectivity index (χ1n) is 17.4. The third kappa shape index (κ3) is 5.08. The zero-order valence-corrected chi connectivity index (χ0v) is 27.8. The van der Waals surface area contributed by atoms with Crippen LogP contribution >= 0.6 is 0 Å². The number of piperazine rings is 1. The Morgan fingerprint density at radius 2 is 1.96 bits per heavy atom. The van der Waals surface area contributed by atoms with Crippen molar-refractivity contribution in [2.45, 2.75) is 101 Å². The predicted octanol–water partition coefficient (Wildman–Crippen LogP) is 4.50. The Morgan fingerprint density at radius 3 is 2.77 bits per heavy atom. The van der Waals surface area contributed by atoms with Crippen molar-refractivity contribution in [1.82, 2.24) is 24.8 Å². The van der Waals surface area contributed by atoms with E-state index in [9.17, 15) is 14.3 Å². The Kier molecular flexibility index (Phi) is 7.72. The number of nitrogens with zero attached hydrogens (tertiary/aromatic N) is 6. The van der Waals surface area contributed by atoms with Gasteiger partial charge >= 0.3 is 6.01 Å². The van der Waals surface area contributed by atoms with Crippen molar-refractivity contribution in [3.8, 4) is 6.01 Å². The summed E-state index contributed by atoms with van der Waals surface area (Å²) >= 11 is 0. The normalized spacial score (nSPS) is 30.1. The topological polar surface area (TPSA) is 94.9 Å². The molecular weight excluding hydrogens is 621 g/mol. The van der Waals surface area contributed by atoms with E-state index in [0.29, 0.717) is 74.2 Å². The molecule has 3 aromatic rings. The number of carbonyl (C=O) groups excluding carboxylic acids is 1. The van der Waals surface area contributed by atoms with Gasteiger partial charge in [0.2, 0.25) is 0 Å². The Hall–Kier alpha value is -3.35. The summed E-state index contributed by atoms with van der Waals surface area (Å²) in [6, 6.07) is 2.76. The van der Waals surface area contributed by atoms with Crippen LogP contribution in [0.1, 0.15) is 81.2 Å². The number of alkyl halides is 1. The summed E-state index contributed by atoms with van der Waals surface area (Å²) in [6.07, 6.45) is 3.47. The van der Waals surface area contributed by atoms with Crippen molar-refractivity contribution in [3.05, 3.63) is 52.3 Å². The number of hydrogen-bond donors (Lipinski definition) is 1. The minimum absolute atomic E-state index is 0.0121. The summed E-state index contributed by atoms with van der Waals surface area (Å²) in [5, 5.41) is 11.2. The summed E-state index contributed by atoms with van der Waals surface area (Å²) in [5.41, 5.74) is 1.40. The summed E-state index contributed by atoms with van der Waals surface area (Å²) in [4.78, 5) is 33.6. The molecule has 1 aliphatic carbocycles. The number of ketones is 1.